The van der Waals surface area contributed by atoms with Crippen molar-refractivity contribution in [3.05, 3.63) is 0 Å². The third-order valence-electron chi connectivity index (χ3n) is 2.57. The summed E-state index contributed by atoms with van der Waals surface area (Å²) in [5.41, 5.74) is -1.07. The van der Waals surface area contributed by atoms with Crippen LogP contribution in [-0.4, -0.2) is 109 Å². The van der Waals surface area contributed by atoms with Crippen molar-refractivity contribution in [3.8, 4) is 0 Å². The summed E-state index contributed by atoms with van der Waals surface area (Å²) in [6.07, 6.45) is 0. The number of aliphatic hydroxyl groups is 2. The molecule has 0 spiro atoms. The maximum atomic E-state index is 9.84. The summed E-state index contributed by atoms with van der Waals surface area (Å²) in [5, 5.41) is 18.3. The van der Waals surface area contributed by atoms with Gasteiger partial charge in [0.05, 0.1) is 66.1 Å². The number of hydrogen-bond acceptors (Lipinski definition) is 7. The number of rotatable bonds is 16. The molecule has 10 heteroatoms. The molecule has 0 bridgehead atoms. The number of halogens is 2. The summed E-state index contributed by atoms with van der Waals surface area (Å²) in [7, 11) is 0. The average Bonchev–Trinajstić information content (AvgIpc) is 2.46. The Morgan fingerprint density at radius 3 is 1.38 bits per heavy atom. The van der Waals surface area contributed by atoms with Gasteiger partial charge in [-0.05, 0) is 45.7 Å². The molecule has 0 rings (SSSR count). The van der Waals surface area contributed by atoms with Crippen LogP contribution in [0.3, 0.4) is 0 Å². The van der Waals surface area contributed by atoms with Crippen molar-refractivity contribution in [2.75, 3.05) is 66.1 Å². The van der Waals surface area contributed by atoms with E-state index in [0.29, 0.717) is 59.5 Å². The van der Waals surface area contributed by atoms with Crippen molar-refractivity contribution in [2.45, 2.75) is 22.9 Å². The fourth-order valence-electron chi connectivity index (χ4n) is 1.23. The van der Waals surface area contributed by atoms with E-state index in [9.17, 15) is 5.11 Å². The second kappa shape index (κ2) is 16.6. The first-order valence-corrected chi connectivity index (χ1v) is 9.06. The van der Waals surface area contributed by atoms with Crippen LogP contribution in [-0.2, 0) is 23.7 Å². The van der Waals surface area contributed by atoms with Crippen molar-refractivity contribution >= 4 is 55.5 Å². The molecular weight excluding hydrogens is 568 g/mol. The molecular formula is C14H30Br2O7Te. The van der Waals surface area contributed by atoms with Gasteiger partial charge in [0.2, 0.25) is 3.42 Å². The maximum absolute atomic E-state index is 9.84. The fourth-order valence-corrected chi connectivity index (χ4v) is 1.56. The Kier molecular flexibility index (Phi) is 19.2. The van der Waals surface area contributed by atoms with E-state index in [1.807, 2.05) is 0 Å². The Hall–Kier alpha value is 1.47. The van der Waals surface area contributed by atoms with Gasteiger partial charge in [0.15, 0.2) is 0 Å². The van der Waals surface area contributed by atoms with Crippen LogP contribution in [0.4, 0.5) is 0 Å². The molecule has 24 heavy (non-hydrogen) atoms. The molecule has 0 unspecified atom stereocenters. The summed E-state index contributed by atoms with van der Waals surface area (Å²) >= 11 is 6.54. The molecule has 2 N–H and O–H groups in total. The van der Waals surface area contributed by atoms with Crippen LogP contribution >= 0.6 is 31.9 Å². The monoisotopic (exact) mass is 598 g/mol. The number of hydrogen-bond donors (Lipinski definition) is 2. The van der Waals surface area contributed by atoms with Gasteiger partial charge in [-0.1, -0.05) is 0 Å². The molecule has 0 aromatic carbocycles. The van der Waals surface area contributed by atoms with Gasteiger partial charge in [0, 0.05) is 0 Å². The second-order valence-corrected chi connectivity index (χ2v) is 8.39. The van der Waals surface area contributed by atoms with Crippen molar-refractivity contribution in [2.24, 2.45) is 0 Å². The van der Waals surface area contributed by atoms with E-state index in [1.54, 1.807) is 13.8 Å². The zero-order valence-corrected chi connectivity index (χ0v) is 20.3. The van der Waals surface area contributed by atoms with E-state index in [0.717, 1.165) is 0 Å². The zero-order chi connectivity index (χ0) is 17.6. The second-order valence-electron chi connectivity index (χ2n) is 5.10. The van der Waals surface area contributed by atoms with Gasteiger partial charge in [0.25, 0.3) is 0 Å². The Balaban J connectivity index is 0. The van der Waals surface area contributed by atoms with Crippen molar-refractivity contribution in [1.82, 2.24) is 0 Å². The van der Waals surface area contributed by atoms with Gasteiger partial charge in [-0.15, -0.1) is 0 Å². The molecule has 0 fully saturated rings. The van der Waals surface area contributed by atoms with E-state index in [-0.39, 0.29) is 30.3 Å². The Labute approximate surface area is 177 Å². The van der Waals surface area contributed by atoms with Crippen molar-refractivity contribution in [1.29, 1.82) is 0 Å². The standard InChI is InChI=1S/C14H28Br2O7.H2Te/c1-13(2,18)14(15,16)23-12-11-22-10-9-21-8-7-20-6-5-19-4-3-17;/h17-18H,3-12H2,1-2H3;1H2. The normalized spacial score (nSPS) is 12.2. The quantitative estimate of drug-likeness (QED) is 0.151. The SMILES string of the molecule is CC(C)(O)C(Br)(Br)OCCOCCOCCOCCOCCO.[TeH2]. The van der Waals surface area contributed by atoms with E-state index in [1.165, 1.54) is 0 Å². The minimum absolute atomic E-state index is 0. The van der Waals surface area contributed by atoms with Crippen LogP contribution in [0.25, 0.3) is 0 Å². The summed E-state index contributed by atoms with van der Waals surface area (Å²) < 4.78 is 25.5. The zero-order valence-electron chi connectivity index (χ0n) is 14.3. The Bertz CT molecular complexity index is 278. The summed E-state index contributed by atoms with van der Waals surface area (Å²) in [4.78, 5) is 0. The molecule has 0 amide bonds. The molecule has 0 aromatic heterocycles. The molecule has 0 radical (unpaired) electrons. The first kappa shape index (κ1) is 27.7. The first-order valence-electron chi connectivity index (χ1n) is 7.47. The van der Waals surface area contributed by atoms with E-state index in [4.69, 9.17) is 28.8 Å². The third-order valence-corrected chi connectivity index (χ3v) is 4.97. The fraction of sp³-hybridized carbons (Fsp3) is 1.00. The topological polar surface area (TPSA) is 86.6 Å². The van der Waals surface area contributed by atoms with E-state index >= 15 is 0 Å². The molecule has 0 aliphatic carbocycles. The molecule has 0 saturated heterocycles. The van der Waals surface area contributed by atoms with Crippen LogP contribution < -0.4 is 0 Å². The van der Waals surface area contributed by atoms with E-state index < -0.39 is 9.02 Å². The summed E-state index contributed by atoms with van der Waals surface area (Å²) in [5.74, 6) is 0. The number of ether oxygens (including phenoxy) is 5. The van der Waals surface area contributed by atoms with Crippen LogP contribution in [0.1, 0.15) is 13.8 Å². The van der Waals surface area contributed by atoms with Crippen molar-refractivity contribution < 1.29 is 33.9 Å². The van der Waals surface area contributed by atoms with Gasteiger partial charge in [-0.3, -0.25) is 0 Å². The van der Waals surface area contributed by atoms with Crippen LogP contribution in [0.15, 0.2) is 0 Å². The summed E-state index contributed by atoms with van der Waals surface area (Å²) in [6.45, 7) is 7.23. The Morgan fingerprint density at radius 1 is 0.708 bits per heavy atom. The molecule has 0 saturated carbocycles. The van der Waals surface area contributed by atoms with E-state index in [2.05, 4.69) is 31.9 Å². The van der Waals surface area contributed by atoms with Gasteiger partial charge in [0.1, 0.15) is 5.60 Å². The minimum atomic E-state index is -1.07. The molecule has 7 nitrogen and oxygen atoms in total. The molecule has 148 valence electrons. The van der Waals surface area contributed by atoms with Gasteiger partial charge in [-0.25, -0.2) is 0 Å². The third kappa shape index (κ3) is 15.7. The molecule has 0 aromatic rings. The number of aliphatic hydroxyl groups excluding tert-OH is 1. The molecule has 0 aliphatic rings. The van der Waals surface area contributed by atoms with Crippen molar-refractivity contribution in [3.63, 3.8) is 0 Å². The Morgan fingerprint density at radius 2 is 1.04 bits per heavy atom. The molecule has 0 aliphatic heterocycles. The summed E-state index contributed by atoms with van der Waals surface area (Å²) in [6, 6.07) is 0. The predicted octanol–water partition coefficient (Wildman–Crippen LogP) is 0.360. The van der Waals surface area contributed by atoms with Crippen LogP contribution in [0.2, 0.25) is 0 Å². The van der Waals surface area contributed by atoms with Gasteiger partial charge >= 0.3 is 23.7 Å². The van der Waals surface area contributed by atoms with Gasteiger partial charge < -0.3 is 33.9 Å². The molecule has 0 atom stereocenters. The average molecular weight is 598 g/mol. The van der Waals surface area contributed by atoms with Crippen LogP contribution in [0.5, 0.6) is 0 Å². The predicted molar refractivity (Wildman–Crippen MR) is 102 cm³/mol. The first-order chi connectivity index (χ1) is 10.8. The number of alkyl halides is 2. The van der Waals surface area contributed by atoms with Gasteiger partial charge in [-0.2, -0.15) is 0 Å². The van der Waals surface area contributed by atoms with Crippen LogP contribution in [0, 0.1) is 0 Å². The molecule has 0 heterocycles.